The molecule has 0 atom stereocenters. The summed E-state index contributed by atoms with van der Waals surface area (Å²) in [7, 11) is 0. The number of para-hydroxylation sites is 2. The predicted molar refractivity (Wildman–Crippen MR) is 79.8 cm³/mol. The Kier molecular flexibility index (Phi) is 4.98. The number of anilines is 2. The van der Waals surface area contributed by atoms with Gasteiger partial charge in [-0.15, -0.1) is 0 Å². The zero-order valence-electron chi connectivity index (χ0n) is 11.3. The summed E-state index contributed by atoms with van der Waals surface area (Å²) in [6.07, 6.45) is 0. The molecule has 2 aromatic rings. The molecule has 0 fully saturated rings. The number of nitrogens with one attached hydrogen (secondary N) is 2. The van der Waals surface area contributed by atoms with Gasteiger partial charge in [-0.2, -0.15) is 0 Å². The molecule has 0 aliphatic carbocycles. The summed E-state index contributed by atoms with van der Waals surface area (Å²) in [5.41, 5.74) is 6.65. The SMILES string of the molecule is Nc1ccccc1OCCNC(=O)Nc1cccc(F)c1. The highest BCUT2D eigenvalue weighted by Gasteiger charge is 2.02. The summed E-state index contributed by atoms with van der Waals surface area (Å²) in [4.78, 5) is 11.6. The van der Waals surface area contributed by atoms with E-state index in [9.17, 15) is 9.18 Å². The fraction of sp³-hybridized carbons (Fsp3) is 0.133. The number of benzene rings is 2. The summed E-state index contributed by atoms with van der Waals surface area (Å²) in [5, 5.41) is 5.12. The van der Waals surface area contributed by atoms with Gasteiger partial charge in [0.2, 0.25) is 0 Å². The molecule has 0 aliphatic heterocycles. The molecule has 0 saturated carbocycles. The third-order valence-electron chi connectivity index (χ3n) is 2.65. The van der Waals surface area contributed by atoms with Crippen molar-refractivity contribution in [3.8, 4) is 5.75 Å². The van der Waals surface area contributed by atoms with Crippen molar-refractivity contribution < 1.29 is 13.9 Å². The number of hydrogen-bond acceptors (Lipinski definition) is 3. The van der Waals surface area contributed by atoms with E-state index in [0.717, 1.165) is 0 Å². The van der Waals surface area contributed by atoms with Crippen LogP contribution in [0.2, 0.25) is 0 Å². The van der Waals surface area contributed by atoms with Crippen LogP contribution in [0.15, 0.2) is 48.5 Å². The predicted octanol–water partition coefficient (Wildman–Crippen LogP) is 2.61. The Morgan fingerprint density at radius 3 is 2.76 bits per heavy atom. The zero-order valence-corrected chi connectivity index (χ0v) is 11.3. The second kappa shape index (κ2) is 7.14. The van der Waals surface area contributed by atoms with Crippen LogP contribution in [0.5, 0.6) is 5.75 Å². The van der Waals surface area contributed by atoms with Gasteiger partial charge in [0.25, 0.3) is 0 Å². The van der Waals surface area contributed by atoms with Gasteiger partial charge < -0.3 is 21.1 Å². The molecule has 4 N–H and O–H groups in total. The first kappa shape index (κ1) is 14.6. The molecule has 6 heteroatoms. The fourth-order valence-corrected chi connectivity index (χ4v) is 1.68. The topological polar surface area (TPSA) is 76.4 Å². The second-order valence-electron chi connectivity index (χ2n) is 4.28. The molecular weight excluding hydrogens is 273 g/mol. The largest absolute Gasteiger partial charge is 0.490 e. The van der Waals surface area contributed by atoms with E-state index in [4.69, 9.17) is 10.5 Å². The first-order valence-electron chi connectivity index (χ1n) is 6.43. The number of nitrogens with two attached hydrogens (primary N) is 1. The highest BCUT2D eigenvalue weighted by Crippen LogP contribution is 2.19. The van der Waals surface area contributed by atoms with Crippen LogP contribution in [-0.2, 0) is 0 Å². The van der Waals surface area contributed by atoms with Gasteiger partial charge in [0.1, 0.15) is 18.2 Å². The van der Waals surface area contributed by atoms with Gasteiger partial charge in [0, 0.05) is 5.69 Å². The molecule has 5 nitrogen and oxygen atoms in total. The van der Waals surface area contributed by atoms with Crippen molar-refractivity contribution in [3.05, 3.63) is 54.3 Å². The van der Waals surface area contributed by atoms with Crippen LogP contribution in [0.25, 0.3) is 0 Å². The van der Waals surface area contributed by atoms with Crippen molar-refractivity contribution in [2.24, 2.45) is 0 Å². The molecule has 2 amide bonds. The zero-order chi connectivity index (χ0) is 15.1. The average Bonchev–Trinajstić information content (AvgIpc) is 2.45. The maximum atomic E-state index is 12.9. The number of carbonyl (C=O) groups is 1. The van der Waals surface area contributed by atoms with Gasteiger partial charge in [-0.05, 0) is 30.3 Å². The number of ether oxygens (including phenoxy) is 1. The maximum absolute atomic E-state index is 12.9. The third-order valence-corrected chi connectivity index (χ3v) is 2.65. The van der Waals surface area contributed by atoms with E-state index in [1.165, 1.54) is 18.2 Å². The third kappa shape index (κ3) is 4.68. The second-order valence-corrected chi connectivity index (χ2v) is 4.28. The molecular formula is C15H16FN3O2. The standard InChI is InChI=1S/C15H16FN3O2/c16-11-4-3-5-12(10-11)19-15(20)18-8-9-21-14-7-2-1-6-13(14)17/h1-7,10H,8-9,17H2,(H2,18,19,20). The lowest BCUT2D eigenvalue weighted by atomic mass is 10.3. The maximum Gasteiger partial charge on any atom is 0.319 e. The van der Waals surface area contributed by atoms with Crippen molar-refractivity contribution in [3.63, 3.8) is 0 Å². The molecule has 0 saturated heterocycles. The van der Waals surface area contributed by atoms with Crippen LogP contribution in [-0.4, -0.2) is 19.2 Å². The number of urea groups is 1. The van der Waals surface area contributed by atoms with E-state index in [-0.39, 0.29) is 6.61 Å². The molecule has 0 spiro atoms. The molecule has 0 unspecified atom stereocenters. The van der Waals surface area contributed by atoms with Crippen molar-refractivity contribution >= 4 is 17.4 Å². The lowest BCUT2D eigenvalue weighted by Gasteiger charge is -2.10. The Morgan fingerprint density at radius 2 is 2.00 bits per heavy atom. The van der Waals surface area contributed by atoms with E-state index < -0.39 is 11.8 Å². The van der Waals surface area contributed by atoms with Crippen LogP contribution in [0.4, 0.5) is 20.6 Å². The van der Waals surface area contributed by atoms with Gasteiger partial charge in [0.05, 0.1) is 12.2 Å². The summed E-state index contributed by atoms with van der Waals surface area (Å²) < 4.78 is 18.4. The first-order valence-corrected chi connectivity index (χ1v) is 6.43. The molecule has 0 aliphatic rings. The first-order chi connectivity index (χ1) is 10.1. The van der Waals surface area contributed by atoms with Gasteiger partial charge in [-0.1, -0.05) is 18.2 Å². The lowest BCUT2D eigenvalue weighted by Crippen LogP contribution is -2.32. The van der Waals surface area contributed by atoms with E-state index >= 15 is 0 Å². The van der Waals surface area contributed by atoms with Crippen molar-refractivity contribution in [1.82, 2.24) is 5.32 Å². The van der Waals surface area contributed by atoms with Crippen LogP contribution >= 0.6 is 0 Å². The number of amides is 2. The summed E-state index contributed by atoms with van der Waals surface area (Å²) >= 11 is 0. The Morgan fingerprint density at radius 1 is 1.19 bits per heavy atom. The van der Waals surface area contributed by atoms with Crippen LogP contribution in [0, 0.1) is 5.82 Å². The van der Waals surface area contributed by atoms with E-state index in [0.29, 0.717) is 23.7 Å². The van der Waals surface area contributed by atoms with Gasteiger partial charge in [-0.3, -0.25) is 0 Å². The normalized spacial score (nSPS) is 9.95. The lowest BCUT2D eigenvalue weighted by molar-refractivity contribution is 0.247. The van der Waals surface area contributed by atoms with Crippen LogP contribution < -0.4 is 21.1 Å². The van der Waals surface area contributed by atoms with Crippen molar-refractivity contribution in [2.75, 3.05) is 24.2 Å². The Labute approximate surface area is 121 Å². The van der Waals surface area contributed by atoms with E-state index in [1.807, 2.05) is 12.1 Å². The Balaban J connectivity index is 1.71. The summed E-state index contributed by atoms with van der Waals surface area (Å²) in [5.74, 6) is 0.167. The minimum absolute atomic E-state index is 0.283. The van der Waals surface area contributed by atoms with Crippen LogP contribution in [0.3, 0.4) is 0 Å². The molecule has 2 rings (SSSR count). The van der Waals surface area contributed by atoms with Gasteiger partial charge >= 0.3 is 6.03 Å². The number of hydrogen-bond donors (Lipinski definition) is 3. The molecule has 0 heterocycles. The average molecular weight is 289 g/mol. The van der Waals surface area contributed by atoms with E-state index in [2.05, 4.69) is 10.6 Å². The smallest absolute Gasteiger partial charge is 0.319 e. The van der Waals surface area contributed by atoms with Crippen molar-refractivity contribution in [1.29, 1.82) is 0 Å². The minimum Gasteiger partial charge on any atom is -0.490 e. The van der Waals surface area contributed by atoms with Gasteiger partial charge in [0.15, 0.2) is 0 Å². The quantitative estimate of drug-likeness (QED) is 0.585. The Bertz CT molecular complexity index is 619. The number of halogens is 1. The minimum atomic E-state index is -0.426. The molecule has 0 bridgehead atoms. The molecule has 0 radical (unpaired) electrons. The van der Waals surface area contributed by atoms with Crippen molar-refractivity contribution in [2.45, 2.75) is 0 Å². The van der Waals surface area contributed by atoms with Crippen LogP contribution in [0.1, 0.15) is 0 Å². The monoisotopic (exact) mass is 289 g/mol. The van der Waals surface area contributed by atoms with Gasteiger partial charge in [-0.25, -0.2) is 9.18 Å². The highest BCUT2D eigenvalue weighted by atomic mass is 19.1. The highest BCUT2D eigenvalue weighted by molar-refractivity contribution is 5.89. The Hall–Kier alpha value is -2.76. The van der Waals surface area contributed by atoms with E-state index in [1.54, 1.807) is 18.2 Å². The number of carbonyl (C=O) groups excluding carboxylic acids is 1. The molecule has 2 aromatic carbocycles. The molecule has 21 heavy (non-hydrogen) atoms. The number of nitrogen functional groups attached to an aromatic ring is 1. The summed E-state index contributed by atoms with van der Waals surface area (Å²) in [6, 6.07) is 12.4. The fourth-order valence-electron chi connectivity index (χ4n) is 1.68. The summed E-state index contributed by atoms with van der Waals surface area (Å²) in [6.45, 7) is 0.584. The molecule has 110 valence electrons. The molecule has 0 aromatic heterocycles. The number of rotatable bonds is 5.